The summed E-state index contributed by atoms with van der Waals surface area (Å²) in [6, 6.07) is 16.1. The fourth-order valence-corrected chi connectivity index (χ4v) is 5.33. The Morgan fingerprint density at radius 1 is 1.08 bits per heavy atom. The lowest BCUT2D eigenvalue weighted by molar-refractivity contribution is -0.123. The minimum absolute atomic E-state index is 0.0269. The van der Waals surface area contributed by atoms with Crippen LogP contribution in [-0.2, 0) is 4.79 Å². The van der Waals surface area contributed by atoms with Crippen LogP contribution in [0.4, 0.5) is 5.69 Å². The monoisotopic (exact) mass is 369 g/mol. The highest BCUT2D eigenvalue weighted by atomic mass is 35.5. The summed E-state index contributed by atoms with van der Waals surface area (Å²) in [5.41, 5.74) is 3.12. The lowest BCUT2D eigenvalue weighted by Crippen LogP contribution is -2.39. The Kier molecular flexibility index (Phi) is 4.25. The van der Waals surface area contributed by atoms with Crippen LogP contribution in [0.25, 0.3) is 0 Å². The third kappa shape index (κ3) is 3.28. The number of halogens is 1. The maximum Gasteiger partial charge on any atom is 0.143 e. The van der Waals surface area contributed by atoms with Crippen molar-refractivity contribution in [1.82, 2.24) is 0 Å². The molecule has 0 N–H and O–H groups in total. The van der Waals surface area contributed by atoms with Crippen molar-refractivity contribution in [2.75, 3.05) is 0 Å². The van der Waals surface area contributed by atoms with Gasteiger partial charge in [0.25, 0.3) is 0 Å². The third-order valence-electron chi connectivity index (χ3n) is 4.90. The summed E-state index contributed by atoms with van der Waals surface area (Å²) >= 11 is 7.82. The van der Waals surface area contributed by atoms with Gasteiger partial charge in [-0.05, 0) is 41.7 Å². The number of benzene rings is 2. The van der Waals surface area contributed by atoms with Crippen molar-refractivity contribution in [3.8, 4) is 0 Å². The largest absolute Gasteiger partial charge is 0.299 e. The first kappa shape index (κ1) is 16.9. The van der Waals surface area contributed by atoms with Crippen LogP contribution in [0.3, 0.4) is 0 Å². The first-order valence-corrected chi connectivity index (χ1v) is 9.80. The summed E-state index contributed by atoms with van der Waals surface area (Å²) in [4.78, 5) is 19.2. The summed E-state index contributed by atoms with van der Waals surface area (Å²) in [6.07, 6.45) is 1.47. The van der Waals surface area contributed by atoms with E-state index in [2.05, 4.69) is 19.9 Å². The van der Waals surface area contributed by atoms with Crippen LogP contribution in [0.15, 0.2) is 58.4 Å². The summed E-state index contributed by atoms with van der Waals surface area (Å²) in [7, 11) is 0. The molecule has 0 amide bonds. The van der Waals surface area contributed by atoms with Crippen molar-refractivity contribution in [2.45, 2.75) is 36.8 Å². The molecular weight excluding hydrogens is 350 g/mol. The predicted molar refractivity (Wildman–Crippen MR) is 105 cm³/mol. The summed E-state index contributed by atoms with van der Waals surface area (Å²) < 4.78 is 0. The van der Waals surface area contributed by atoms with Crippen LogP contribution in [0.1, 0.15) is 37.5 Å². The van der Waals surface area contributed by atoms with E-state index in [0.29, 0.717) is 17.2 Å². The number of hydrogen-bond acceptors (Lipinski definition) is 3. The van der Waals surface area contributed by atoms with E-state index in [1.54, 1.807) is 11.8 Å². The zero-order chi connectivity index (χ0) is 17.6. The summed E-state index contributed by atoms with van der Waals surface area (Å²) in [6.45, 7) is 4.32. The van der Waals surface area contributed by atoms with Crippen LogP contribution in [-0.4, -0.2) is 11.5 Å². The molecule has 4 heteroatoms. The molecule has 0 bridgehead atoms. The molecule has 2 nitrogen and oxygen atoms in total. The first-order valence-electron chi connectivity index (χ1n) is 8.54. The van der Waals surface area contributed by atoms with Crippen LogP contribution < -0.4 is 0 Å². The number of fused-ring (bicyclic) bond motifs is 2. The van der Waals surface area contributed by atoms with Crippen LogP contribution in [0.2, 0.25) is 5.02 Å². The van der Waals surface area contributed by atoms with Gasteiger partial charge in [-0.15, -0.1) is 11.8 Å². The Bertz CT molecular complexity index is 856. The molecule has 0 saturated heterocycles. The number of Topliss-reactive ketones (excluding diaryl/α,β-unsaturated/α-hetero) is 1. The number of rotatable bonds is 1. The highest BCUT2D eigenvalue weighted by molar-refractivity contribution is 7.99. The number of carbonyl (C=O) groups excluding carboxylic acids is 1. The average Bonchev–Trinajstić information content (AvgIpc) is 2.70. The van der Waals surface area contributed by atoms with Gasteiger partial charge in [-0.1, -0.05) is 49.7 Å². The second-order valence-electron chi connectivity index (χ2n) is 7.62. The van der Waals surface area contributed by atoms with Crippen molar-refractivity contribution in [3.05, 3.63) is 59.1 Å². The van der Waals surface area contributed by atoms with E-state index >= 15 is 0 Å². The molecule has 1 fully saturated rings. The second kappa shape index (κ2) is 6.30. The molecule has 2 aromatic carbocycles. The SMILES string of the molecule is CC1(C)CC(=O)[C@H]2C(=Nc3ccccc3S[C@@H]2c2ccc(Cl)cc2)C1. The molecule has 1 heterocycles. The van der Waals surface area contributed by atoms with E-state index in [1.165, 1.54) is 0 Å². The summed E-state index contributed by atoms with van der Waals surface area (Å²) in [5, 5.41) is 0.760. The van der Waals surface area contributed by atoms with Gasteiger partial charge in [-0.3, -0.25) is 9.79 Å². The van der Waals surface area contributed by atoms with Crippen LogP contribution in [0.5, 0.6) is 0 Å². The first-order chi connectivity index (χ1) is 11.9. The number of thioether (sulfide) groups is 1. The highest BCUT2D eigenvalue weighted by Crippen LogP contribution is 2.51. The van der Waals surface area contributed by atoms with Gasteiger partial charge in [-0.2, -0.15) is 0 Å². The van der Waals surface area contributed by atoms with Gasteiger partial charge < -0.3 is 0 Å². The fraction of sp³-hybridized carbons (Fsp3) is 0.333. The molecule has 0 unspecified atom stereocenters. The van der Waals surface area contributed by atoms with E-state index in [4.69, 9.17) is 16.6 Å². The standard InChI is InChI=1S/C21H20ClNOS/c1-21(2)11-16-19(17(24)12-21)20(13-7-9-14(22)10-8-13)25-18-6-4-3-5-15(18)23-16/h3-10,19-20H,11-12H2,1-2H3/t19-,20-/m1/s1. The normalized spacial score (nSPS) is 24.8. The Hall–Kier alpha value is -1.58. The minimum Gasteiger partial charge on any atom is -0.299 e. The molecule has 128 valence electrons. The lowest BCUT2D eigenvalue weighted by atomic mass is 9.69. The molecule has 1 aliphatic carbocycles. The fourth-order valence-electron chi connectivity index (χ4n) is 3.80. The minimum atomic E-state index is -0.161. The number of hydrogen-bond donors (Lipinski definition) is 0. The smallest absolute Gasteiger partial charge is 0.143 e. The Balaban J connectivity index is 1.86. The molecular formula is C21H20ClNOS. The van der Waals surface area contributed by atoms with Gasteiger partial charge in [0.1, 0.15) is 5.78 Å². The number of ketones is 1. The van der Waals surface area contributed by atoms with E-state index in [1.807, 2.05) is 42.5 Å². The molecule has 0 radical (unpaired) electrons. The number of aliphatic imine (C=N–C) groups is 1. The molecule has 2 aliphatic rings. The Labute approximate surface area is 157 Å². The Morgan fingerprint density at radius 2 is 1.80 bits per heavy atom. The molecule has 2 aromatic rings. The average molecular weight is 370 g/mol. The van der Waals surface area contributed by atoms with Gasteiger partial charge in [0.15, 0.2) is 0 Å². The summed E-state index contributed by atoms with van der Waals surface area (Å²) in [5.74, 6) is 0.141. The molecule has 25 heavy (non-hydrogen) atoms. The van der Waals surface area contributed by atoms with E-state index in [9.17, 15) is 4.79 Å². The van der Waals surface area contributed by atoms with Crippen molar-refractivity contribution in [1.29, 1.82) is 0 Å². The van der Waals surface area contributed by atoms with E-state index in [-0.39, 0.29) is 16.6 Å². The zero-order valence-corrected chi connectivity index (χ0v) is 15.9. The van der Waals surface area contributed by atoms with Crippen LogP contribution >= 0.6 is 23.4 Å². The van der Waals surface area contributed by atoms with Gasteiger partial charge in [0, 0.05) is 27.3 Å². The van der Waals surface area contributed by atoms with Crippen molar-refractivity contribution >= 4 is 40.5 Å². The molecule has 2 atom stereocenters. The topological polar surface area (TPSA) is 29.4 Å². The van der Waals surface area contributed by atoms with Gasteiger partial charge in [-0.25, -0.2) is 0 Å². The van der Waals surface area contributed by atoms with E-state index in [0.717, 1.165) is 28.3 Å². The molecule has 0 spiro atoms. The highest BCUT2D eigenvalue weighted by Gasteiger charge is 2.44. The molecule has 4 rings (SSSR count). The third-order valence-corrected chi connectivity index (χ3v) is 6.55. The predicted octanol–water partition coefficient (Wildman–Crippen LogP) is 6.26. The lowest BCUT2D eigenvalue weighted by Gasteiger charge is -2.37. The number of para-hydroxylation sites is 1. The van der Waals surface area contributed by atoms with Crippen molar-refractivity contribution < 1.29 is 4.79 Å². The molecule has 0 aromatic heterocycles. The van der Waals surface area contributed by atoms with Gasteiger partial charge in [0.2, 0.25) is 0 Å². The quantitative estimate of drug-likeness (QED) is 0.593. The van der Waals surface area contributed by atoms with Gasteiger partial charge in [0.05, 0.1) is 11.6 Å². The van der Waals surface area contributed by atoms with Crippen molar-refractivity contribution in [2.24, 2.45) is 16.3 Å². The van der Waals surface area contributed by atoms with Crippen LogP contribution in [0, 0.1) is 11.3 Å². The van der Waals surface area contributed by atoms with E-state index < -0.39 is 0 Å². The number of carbonyl (C=O) groups is 1. The number of nitrogens with zero attached hydrogens (tertiary/aromatic N) is 1. The second-order valence-corrected chi connectivity index (χ2v) is 9.24. The molecule has 1 aliphatic heterocycles. The zero-order valence-electron chi connectivity index (χ0n) is 14.3. The van der Waals surface area contributed by atoms with Crippen molar-refractivity contribution in [3.63, 3.8) is 0 Å². The Morgan fingerprint density at radius 3 is 2.56 bits per heavy atom. The van der Waals surface area contributed by atoms with Gasteiger partial charge >= 0.3 is 0 Å². The molecule has 1 saturated carbocycles. The maximum absolute atomic E-state index is 13.1. The maximum atomic E-state index is 13.1.